The molecule has 0 aliphatic rings. The average molecular weight is 270 g/mol. The van der Waals surface area contributed by atoms with Crippen LogP contribution < -0.4 is 5.32 Å². The fourth-order valence-corrected chi connectivity index (χ4v) is 1.58. The molecule has 1 aromatic heterocycles. The molecule has 1 unspecified atom stereocenters. The number of hydrogen-bond donors (Lipinski definition) is 2. The predicted molar refractivity (Wildman–Crippen MR) is 65.7 cm³/mol. The molecule has 0 aromatic carbocycles. The minimum absolute atomic E-state index is 0.0108. The van der Waals surface area contributed by atoms with Gasteiger partial charge in [0, 0.05) is 13.2 Å². The minimum atomic E-state index is -1.20. The number of carbonyl (C=O) groups is 2. The Morgan fingerprint density at radius 2 is 2.05 bits per heavy atom. The van der Waals surface area contributed by atoms with Crippen molar-refractivity contribution in [1.29, 1.82) is 0 Å². The van der Waals surface area contributed by atoms with Crippen LogP contribution in [0.5, 0.6) is 0 Å². The highest BCUT2D eigenvalue weighted by molar-refractivity contribution is 5.87. The van der Waals surface area contributed by atoms with Gasteiger partial charge in [-0.15, -0.1) is 5.10 Å². The summed E-state index contributed by atoms with van der Waals surface area (Å²) < 4.78 is 6.20. The van der Waals surface area contributed by atoms with E-state index in [-0.39, 0.29) is 29.9 Å². The number of carboxylic acid groups (broad SMARTS) is 1. The lowest BCUT2D eigenvalue weighted by atomic mass is 10.2. The Bertz CT molecular complexity index is 469. The maximum atomic E-state index is 11.9. The van der Waals surface area contributed by atoms with Crippen molar-refractivity contribution in [2.24, 2.45) is 0 Å². The third-order valence-electron chi connectivity index (χ3n) is 2.45. The molecule has 0 fully saturated rings. The molecule has 8 heteroatoms. The summed E-state index contributed by atoms with van der Waals surface area (Å²) >= 11 is 0. The number of carbonyl (C=O) groups excluding carboxylic acids is 1. The number of methoxy groups -OCH3 is 1. The normalized spacial score (nSPS) is 12.5. The zero-order valence-corrected chi connectivity index (χ0v) is 11.4. The van der Waals surface area contributed by atoms with Gasteiger partial charge in [-0.2, -0.15) is 0 Å². The highest BCUT2D eigenvalue weighted by atomic mass is 16.5. The predicted octanol–water partition coefficient (Wildman–Crippen LogP) is 0.208. The smallest absolute Gasteiger partial charge is 0.358 e. The van der Waals surface area contributed by atoms with Crippen molar-refractivity contribution < 1.29 is 19.4 Å². The molecule has 0 aliphatic carbocycles. The van der Waals surface area contributed by atoms with Crippen LogP contribution in [-0.2, 0) is 16.1 Å². The van der Waals surface area contributed by atoms with Crippen LogP contribution >= 0.6 is 0 Å². The summed E-state index contributed by atoms with van der Waals surface area (Å²) in [5.74, 6) is -1.45. The summed E-state index contributed by atoms with van der Waals surface area (Å²) in [5, 5.41) is 19.0. The van der Waals surface area contributed by atoms with E-state index in [0.29, 0.717) is 0 Å². The first-order valence-corrected chi connectivity index (χ1v) is 5.85. The Kier molecular flexibility index (Phi) is 4.99. The second-order valence-electron chi connectivity index (χ2n) is 4.41. The molecule has 1 amide bonds. The van der Waals surface area contributed by atoms with Crippen molar-refractivity contribution in [2.75, 3.05) is 7.11 Å². The van der Waals surface area contributed by atoms with E-state index in [1.807, 2.05) is 13.8 Å². The zero-order valence-electron chi connectivity index (χ0n) is 11.4. The Hall–Kier alpha value is -1.96. The molecule has 1 heterocycles. The van der Waals surface area contributed by atoms with Crippen molar-refractivity contribution in [3.05, 3.63) is 11.4 Å². The van der Waals surface area contributed by atoms with E-state index in [9.17, 15) is 9.59 Å². The van der Waals surface area contributed by atoms with Crippen molar-refractivity contribution in [3.63, 3.8) is 0 Å². The second kappa shape index (κ2) is 6.28. The van der Waals surface area contributed by atoms with Crippen LogP contribution in [0.15, 0.2) is 0 Å². The Labute approximate surface area is 110 Å². The largest absolute Gasteiger partial charge is 0.476 e. The lowest BCUT2D eigenvalue weighted by Crippen LogP contribution is -2.36. The highest BCUT2D eigenvalue weighted by Gasteiger charge is 2.25. The molecular formula is C11H18N4O4. The van der Waals surface area contributed by atoms with Crippen molar-refractivity contribution in [3.8, 4) is 0 Å². The Morgan fingerprint density at radius 3 is 2.53 bits per heavy atom. The third kappa shape index (κ3) is 3.50. The summed E-state index contributed by atoms with van der Waals surface area (Å²) in [6.07, 6.45) is 0. The van der Waals surface area contributed by atoms with Gasteiger partial charge in [-0.25, -0.2) is 9.48 Å². The van der Waals surface area contributed by atoms with Crippen LogP contribution in [0.3, 0.4) is 0 Å². The lowest BCUT2D eigenvalue weighted by Gasteiger charge is -2.16. The third-order valence-corrected chi connectivity index (χ3v) is 2.45. The van der Waals surface area contributed by atoms with E-state index in [4.69, 9.17) is 9.84 Å². The molecule has 0 spiro atoms. The van der Waals surface area contributed by atoms with Gasteiger partial charge in [0.25, 0.3) is 0 Å². The number of hydrogen-bond acceptors (Lipinski definition) is 5. The molecule has 1 rings (SSSR count). The summed E-state index contributed by atoms with van der Waals surface area (Å²) in [5.41, 5.74) is 0.0625. The fraction of sp³-hybridized carbons (Fsp3) is 0.636. The number of aromatic carboxylic acids is 1. The van der Waals surface area contributed by atoms with Gasteiger partial charge >= 0.3 is 5.97 Å². The lowest BCUT2D eigenvalue weighted by molar-refractivity contribution is -0.124. The van der Waals surface area contributed by atoms with Gasteiger partial charge in [-0.1, -0.05) is 5.21 Å². The van der Waals surface area contributed by atoms with E-state index < -0.39 is 12.0 Å². The minimum Gasteiger partial charge on any atom is -0.476 e. The van der Waals surface area contributed by atoms with Crippen LogP contribution in [0.2, 0.25) is 0 Å². The number of nitrogens with zero attached hydrogens (tertiary/aromatic N) is 3. The SMILES string of the molecule is COCc1c(C(=O)O)nnn1C(C)C(=O)NC(C)C. The summed E-state index contributed by atoms with van der Waals surface area (Å²) in [6, 6.07) is -0.670. The second-order valence-corrected chi connectivity index (χ2v) is 4.41. The number of nitrogens with one attached hydrogen (secondary N) is 1. The molecule has 0 bridgehead atoms. The van der Waals surface area contributed by atoms with Gasteiger partial charge in [0.1, 0.15) is 11.7 Å². The number of rotatable bonds is 6. The first-order chi connectivity index (χ1) is 8.88. The van der Waals surface area contributed by atoms with E-state index in [1.54, 1.807) is 6.92 Å². The van der Waals surface area contributed by atoms with Gasteiger partial charge < -0.3 is 15.2 Å². The van der Waals surface area contributed by atoms with Crippen molar-refractivity contribution in [2.45, 2.75) is 39.5 Å². The summed E-state index contributed by atoms with van der Waals surface area (Å²) in [7, 11) is 1.43. The van der Waals surface area contributed by atoms with E-state index in [1.165, 1.54) is 11.8 Å². The van der Waals surface area contributed by atoms with E-state index in [0.717, 1.165) is 0 Å². The number of aromatic nitrogens is 3. The molecule has 0 saturated carbocycles. The summed E-state index contributed by atoms with van der Waals surface area (Å²) in [6.45, 7) is 5.32. The first-order valence-electron chi connectivity index (χ1n) is 5.85. The summed E-state index contributed by atoms with van der Waals surface area (Å²) in [4.78, 5) is 22.9. The standard InChI is InChI=1S/C11H18N4O4/c1-6(2)12-10(16)7(3)15-8(5-19-4)9(11(17)18)13-14-15/h6-7H,5H2,1-4H3,(H,12,16)(H,17,18). The van der Waals surface area contributed by atoms with E-state index in [2.05, 4.69) is 15.6 Å². The molecule has 1 atom stereocenters. The van der Waals surface area contributed by atoms with Gasteiger partial charge in [0.15, 0.2) is 5.69 Å². The number of carboxylic acids is 1. The first kappa shape index (κ1) is 15.1. The Morgan fingerprint density at radius 1 is 1.42 bits per heavy atom. The molecular weight excluding hydrogens is 252 g/mol. The maximum absolute atomic E-state index is 11.9. The molecule has 0 radical (unpaired) electrons. The maximum Gasteiger partial charge on any atom is 0.358 e. The van der Waals surface area contributed by atoms with Gasteiger partial charge in [0.2, 0.25) is 5.91 Å². The molecule has 0 aliphatic heterocycles. The van der Waals surface area contributed by atoms with Gasteiger partial charge in [-0.3, -0.25) is 4.79 Å². The zero-order chi connectivity index (χ0) is 14.6. The van der Waals surface area contributed by atoms with Crippen LogP contribution in [0.4, 0.5) is 0 Å². The molecule has 19 heavy (non-hydrogen) atoms. The topological polar surface area (TPSA) is 106 Å². The quantitative estimate of drug-likeness (QED) is 0.765. The Balaban J connectivity index is 3.05. The fourth-order valence-electron chi connectivity index (χ4n) is 1.58. The molecule has 106 valence electrons. The van der Waals surface area contributed by atoms with Gasteiger partial charge in [-0.05, 0) is 20.8 Å². The molecule has 0 saturated heterocycles. The van der Waals surface area contributed by atoms with Crippen LogP contribution in [0.25, 0.3) is 0 Å². The van der Waals surface area contributed by atoms with Gasteiger partial charge in [0.05, 0.1) is 6.61 Å². The molecule has 1 aromatic rings. The molecule has 8 nitrogen and oxygen atoms in total. The van der Waals surface area contributed by atoms with Crippen LogP contribution in [0, 0.1) is 0 Å². The number of ether oxygens (including phenoxy) is 1. The van der Waals surface area contributed by atoms with E-state index >= 15 is 0 Å². The monoisotopic (exact) mass is 270 g/mol. The number of amides is 1. The van der Waals surface area contributed by atoms with Crippen LogP contribution in [0.1, 0.15) is 43.0 Å². The highest BCUT2D eigenvalue weighted by Crippen LogP contribution is 2.13. The average Bonchev–Trinajstić information content (AvgIpc) is 2.71. The van der Waals surface area contributed by atoms with Crippen molar-refractivity contribution >= 4 is 11.9 Å². The van der Waals surface area contributed by atoms with Crippen LogP contribution in [-0.4, -0.2) is 45.1 Å². The molecule has 2 N–H and O–H groups in total. The van der Waals surface area contributed by atoms with Crippen molar-refractivity contribution in [1.82, 2.24) is 20.3 Å².